The number of nitrogens with one attached hydrogen (secondary N) is 1. The molecular weight excluding hydrogens is 323 g/mol. The predicted molar refractivity (Wildman–Crippen MR) is 83.0 cm³/mol. The molecule has 128 valence electrons. The molecule has 1 heterocycles. The molecule has 23 heavy (non-hydrogen) atoms. The molecule has 1 aromatic rings. The van der Waals surface area contributed by atoms with Gasteiger partial charge in [0.2, 0.25) is 10.0 Å². The smallest absolute Gasteiger partial charge is 0.320 e. The summed E-state index contributed by atoms with van der Waals surface area (Å²) in [7, 11) is -3.82. The largest absolute Gasteiger partial charge is 0.480 e. The fraction of sp³-hybridized carbons (Fsp3) is 0.533. The van der Waals surface area contributed by atoms with Gasteiger partial charge in [-0.2, -0.15) is 0 Å². The Bertz CT molecular complexity index is 665. The second kappa shape index (κ2) is 7.37. The Balaban J connectivity index is 2.09. The van der Waals surface area contributed by atoms with Crippen LogP contribution in [0.5, 0.6) is 0 Å². The van der Waals surface area contributed by atoms with Crippen LogP contribution in [0.1, 0.15) is 26.2 Å². The van der Waals surface area contributed by atoms with Gasteiger partial charge < -0.3 is 5.11 Å². The van der Waals surface area contributed by atoms with Gasteiger partial charge in [-0.05, 0) is 44.0 Å². The van der Waals surface area contributed by atoms with Crippen LogP contribution in [0.15, 0.2) is 29.2 Å². The number of halogens is 1. The lowest BCUT2D eigenvalue weighted by molar-refractivity contribution is -0.144. The summed E-state index contributed by atoms with van der Waals surface area (Å²) < 4.78 is 40.4. The minimum atomic E-state index is -3.82. The summed E-state index contributed by atoms with van der Waals surface area (Å²) >= 11 is 0. The summed E-state index contributed by atoms with van der Waals surface area (Å²) in [5.41, 5.74) is 0. The van der Waals surface area contributed by atoms with Gasteiger partial charge in [-0.3, -0.25) is 9.69 Å². The molecule has 0 amide bonds. The number of rotatable bonds is 6. The molecule has 0 bridgehead atoms. The molecule has 1 fully saturated rings. The van der Waals surface area contributed by atoms with Crippen LogP contribution in [0, 0.1) is 5.82 Å². The van der Waals surface area contributed by atoms with Crippen LogP contribution in [0.25, 0.3) is 0 Å². The van der Waals surface area contributed by atoms with Crippen molar-refractivity contribution < 1.29 is 22.7 Å². The van der Waals surface area contributed by atoms with E-state index in [1.165, 1.54) is 18.2 Å². The summed E-state index contributed by atoms with van der Waals surface area (Å²) in [4.78, 5) is 12.9. The average molecular weight is 344 g/mol. The lowest BCUT2D eigenvalue weighted by atomic mass is 10.0. The van der Waals surface area contributed by atoms with Gasteiger partial charge in [-0.25, -0.2) is 17.5 Å². The van der Waals surface area contributed by atoms with Crippen molar-refractivity contribution in [1.82, 2.24) is 9.62 Å². The summed E-state index contributed by atoms with van der Waals surface area (Å²) in [6, 6.07) is 3.82. The zero-order chi connectivity index (χ0) is 17.0. The van der Waals surface area contributed by atoms with Crippen molar-refractivity contribution in [3.8, 4) is 0 Å². The van der Waals surface area contributed by atoms with Crippen LogP contribution in [-0.4, -0.2) is 49.6 Å². The minimum Gasteiger partial charge on any atom is -0.480 e. The lowest BCUT2D eigenvalue weighted by Crippen LogP contribution is -2.52. The molecule has 1 aliphatic rings. The van der Waals surface area contributed by atoms with E-state index in [9.17, 15) is 22.7 Å². The minimum absolute atomic E-state index is 0.125. The maximum Gasteiger partial charge on any atom is 0.320 e. The number of carbonyl (C=O) groups is 1. The zero-order valence-corrected chi connectivity index (χ0v) is 13.7. The summed E-state index contributed by atoms with van der Waals surface area (Å²) in [6.45, 7) is 2.75. The molecule has 2 unspecified atom stereocenters. The van der Waals surface area contributed by atoms with Crippen molar-refractivity contribution in [3.05, 3.63) is 30.1 Å². The zero-order valence-electron chi connectivity index (χ0n) is 12.9. The standard InChI is InChI=1S/C15H21FN2O4S/c1-2-14(15(19)20)18-8-4-6-12(10-18)17-23(21,22)13-7-3-5-11(16)9-13/h3,5,7,9,12,14,17H,2,4,6,8,10H2,1H3,(H,19,20). The highest BCUT2D eigenvalue weighted by molar-refractivity contribution is 7.89. The van der Waals surface area contributed by atoms with Crippen LogP contribution in [0.3, 0.4) is 0 Å². The van der Waals surface area contributed by atoms with E-state index in [4.69, 9.17) is 0 Å². The van der Waals surface area contributed by atoms with Crippen LogP contribution in [0.4, 0.5) is 4.39 Å². The summed E-state index contributed by atoms with van der Waals surface area (Å²) in [5, 5.41) is 9.23. The second-order valence-electron chi connectivity index (χ2n) is 5.68. The second-order valence-corrected chi connectivity index (χ2v) is 7.39. The number of piperidine rings is 1. The molecule has 2 rings (SSSR count). The number of hydrogen-bond acceptors (Lipinski definition) is 4. The van der Waals surface area contributed by atoms with Gasteiger partial charge in [-0.1, -0.05) is 13.0 Å². The van der Waals surface area contributed by atoms with E-state index < -0.39 is 27.9 Å². The molecule has 2 atom stereocenters. The maximum atomic E-state index is 13.2. The summed E-state index contributed by atoms with van der Waals surface area (Å²) in [6.07, 6.45) is 1.79. The van der Waals surface area contributed by atoms with E-state index in [1.54, 1.807) is 11.8 Å². The highest BCUT2D eigenvalue weighted by Crippen LogP contribution is 2.18. The van der Waals surface area contributed by atoms with E-state index in [2.05, 4.69) is 4.72 Å². The van der Waals surface area contributed by atoms with Gasteiger partial charge >= 0.3 is 5.97 Å². The topological polar surface area (TPSA) is 86.7 Å². The molecule has 0 radical (unpaired) electrons. The Morgan fingerprint density at radius 1 is 1.52 bits per heavy atom. The number of sulfonamides is 1. The lowest BCUT2D eigenvalue weighted by Gasteiger charge is -2.36. The van der Waals surface area contributed by atoms with Crippen molar-refractivity contribution in [3.63, 3.8) is 0 Å². The normalized spacial score (nSPS) is 21.0. The molecule has 2 N–H and O–H groups in total. The first-order valence-corrected chi connectivity index (χ1v) is 9.06. The van der Waals surface area contributed by atoms with Gasteiger partial charge in [0.25, 0.3) is 0 Å². The third-order valence-electron chi connectivity index (χ3n) is 3.99. The molecule has 0 spiro atoms. The molecule has 0 aliphatic carbocycles. The van der Waals surface area contributed by atoms with Gasteiger partial charge in [0.05, 0.1) is 4.90 Å². The molecule has 8 heteroatoms. The van der Waals surface area contributed by atoms with E-state index in [1.807, 2.05) is 0 Å². The number of nitrogens with zero attached hydrogens (tertiary/aromatic N) is 1. The molecule has 0 aromatic heterocycles. The van der Waals surface area contributed by atoms with Gasteiger partial charge in [-0.15, -0.1) is 0 Å². The van der Waals surface area contributed by atoms with Crippen molar-refractivity contribution in [1.29, 1.82) is 0 Å². The van der Waals surface area contributed by atoms with Gasteiger partial charge in [0, 0.05) is 12.6 Å². The number of hydrogen-bond donors (Lipinski definition) is 2. The molecule has 6 nitrogen and oxygen atoms in total. The van der Waals surface area contributed by atoms with Crippen LogP contribution < -0.4 is 4.72 Å². The number of carboxylic acid groups (broad SMARTS) is 1. The van der Waals surface area contributed by atoms with Gasteiger partial charge in [0.15, 0.2) is 0 Å². The summed E-state index contributed by atoms with van der Waals surface area (Å²) in [5.74, 6) is -1.52. The number of carboxylic acids is 1. The average Bonchev–Trinajstić information content (AvgIpc) is 2.47. The Hall–Kier alpha value is -1.51. The predicted octanol–water partition coefficient (Wildman–Crippen LogP) is 1.43. The first-order chi connectivity index (χ1) is 10.8. The highest BCUT2D eigenvalue weighted by Gasteiger charge is 2.31. The first-order valence-electron chi connectivity index (χ1n) is 7.58. The Labute approximate surface area is 135 Å². The number of likely N-dealkylation sites (tertiary alicyclic amines) is 1. The van der Waals surface area contributed by atoms with E-state index >= 15 is 0 Å². The third kappa shape index (κ3) is 4.49. The van der Waals surface area contributed by atoms with Crippen LogP contribution in [-0.2, 0) is 14.8 Å². The first kappa shape index (κ1) is 17.8. The van der Waals surface area contributed by atoms with Crippen molar-refractivity contribution in [2.45, 2.75) is 43.2 Å². The third-order valence-corrected chi connectivity index (χ3v) is 5.51. The molecule has 1 aromatic carbocycles. The fourth-order valence-corrected chi connectivity index (χ4v) is 4.19. The Morgan fingerprint density at radius 3 is 2.87 bits per heavy atom. The quantitative estimate of drug-likeness (QED) is 0.815. The van der Waals surface area contributed by atoms with E-state index in [-0.39, 0.29) is 10.9 Å². The van der Waals surface area contributed by atoms with E-state index in [0.717, 1.165) is 6.07 Å². The monoisotopic (exact) mass is 344 g/mol. The number of benzene rings is 1. The SMILES string of the molecule is CCC(C(=O)O)N1CCCC(NS(=O)(=O)c2cccc(F)c2)C1. The Kier molecular flexibility index (Phi) is 5.72. The van der Waals surface area contributed by atoms with E-state index in [0.29, 0.717) is 32.4 Å². The van der Waals surface area contributed by atoms with Crippen molar-refractivity contribution in [2.75, 3.05) is 13.1 Å². The molecule has 0 saturated carbocycles. The molecular formula is C15H21FN2O4S. The maximum absolute atomic E-state index is 13.2. The van der Waals surface area contributed by atoms with Gasteiger partial charge in [0.1, 0.15) is 11.9 Å². The Morgan fingerprint density at radius 2 is 2.26 bits per heavy atom. The molecule has 1 saturated heterocycles. The highest BCUT2D eigenvalue weighted by atomic mass is 32.2. The van der Waals surface area contributed by atoms with Crippen LogP contribution >= 0.6 is 0 Å². The fourth-order valence-electron chi connectivity index (χ4n) is 2.90. The van der Waals surface area contributed by atoms with Crippen molar-refractivity contribution >= 4 is 16.0 Å². The van der Waals surface area contributed by atoms with Crippen molar-refractivity contribution in [2.24, 2.45) is 0 Å². The van der Waals surface area contributed by atoms with Crippen LogP contribution in [0.2, 0.25) is 0 Å². The molecule has 1 aliphatic heterocycles. The number of aliphatic carboxylic acids is 1.